The van der Waals surface area contributed by atoms with Crippen molar-refractivity contribution in [3.63, 3.8) is 0 Å². The van der Waals surface area contributed by atoms with E-state index >= 15 is 0 Å². The predicted octanol–water partition coefficient (Wildman–Crippen LogP) is 5.15. The van der Waals surface area contributed by atoms with E-state index in [1.54, 1.807) is 6.20 Å². The van der Waals surface area contributed by atoms with Crippen molar-refractivity contribution in [3.8, 4) is 22.9 Å². The maximum atomic E-state index is 12.4. The van der Waals surface area contributed by atoms with Crippen LogP contribution in [0.2, 0.25) is 0 Å². The van der Waals surface area contributed by atoms with E-state index in [0.717, 1.165) is 36.3 Å². The average Bonchev–Trinajstić information content (AvgIpc) is 3.50. The number of nitrogens with zero attached hydrogens (tertiary/aromatic N) is 3. The second kappa shape index (κ2) is 8.94. The summed E-state index contributed by atoms with van der Waals surface area (Å²) in [6.07, 6.45) is 5.78. The molecule has 0 unspecified atom stereocenters. The van der Waals surface area contributed by atoms with E-state index < -0.39 is 0 Å². The summed E-state index contributed by atoms with van der Waals surface area (Å²) in [6, 6.07) is 17.5. The Morgan fingerprint density at radius 3 is 2.58 bits per heavy atom. The molecule has 2 aromatic carbocycles. The zero-order valence-electron chi connectivity index (χ0n) is 18.8. The Hall–Kier alpha value is -3.87. The molecule has 7 nitrogen and oxygen atoms in total. The number of hydrogen-bond acceptors (Lipinski definition) is 5. The van der Waals surface area contributed by atoms with Gasteiger partial charge in [0.05, 0.1) is 0 Å². The molecule has 1 amide bonds. The fourth-order valence-electron chi connectivity index (χ4n) is 3.60. The Morgan fingerprint density at radius 2 is 1.88 bits per heavy atom. The lowest BCUT2D eigenvalue weighted by Gasteiger charge is -2.17. The Kier molecular flexibility index (Phi) is 5.69. The van der Waals surface area contributed by atoms with Gasteiger partial charge < -0.3 is 15.4 Å². The first-order valence-corrected chi connectivity index (χ1v) is 11.3. The number of aromatic nitrogens is 3. The Morgan fingerprint density at radius 1 is 1.12 bits per heavy atom. The van der Waals surface area contributed by atoms with Crippen LogP contribution in [0.25, 0.3) is 16.9 Å². The summed E-state index contributed by atoms with van der Waals surface area (Å²) in [5.41, 5.74) is 3.02. The molecule has 4 aromatic rings. The molecule has 1 aliphatic carbocycles. The normalized spacial score (nSPS) is 13.3. The smallest absolute Gasteiger partial charge is 0.251 e. The molecule has 0 radical (unpaired) electrons. The highest BCUT2D eigenvalue weighted by molar-refractivity contribution is 5.95. The first kappa shape index (κ1) is 21.0. The number of para-hydroxylation sites is 1. The van der Waals surface area contributed by atoms with E-state index in [0.29, 0.717) is 35.0 Å². The standard InChI is InChI=1S/C26H27N5O2/c1-17(2)16-28-23-24-27-14-15-31(24)22(26(30-23)33-21-6-4-3-5-7-21)18-8-10-19(11-9-18)25(32)29-20-12-13-20/h3-11,14-15,17,20H,12-13,16H2,1-2H3,(H,28,30)(H,29,32). The van der Waals surface area contributed by atoms with Crippen LogP contribution in [0, 0.1) is 5.92 Å². The lowest BCUT2D eigenvalue weighted by atomic mass is 10.1. The van der Waals surface area contributed by atoms with Gasteiger partial charge in [0.25, 0.3) is 5.91 Å². The maximum absolute atomic E-state index is 12.4. The molecule has 0 spiro atoms. The molecule has 2 heterocycles. The van der Waals surface area contributed by atoms with Crippen LogP contribution in [0.1, 0.15) is 37.0 Å². The first-order chi connectivity index (χ1) is 16.1. The molecule has 1 aliphatic rings. The van der Waals surface area contributed by atoms with Crippen LogP contribution in [-0.2, 0) is 0 Å². The lowest BCUT2D eigenvalue weighted by molar-refractivity contribution is 0.0951. The second-order valence-corrected chi connectivity index (χ2v) is 8.75. The number of ether oxygens (including phenoxy) is 1. The Bertz CT molecular complexity index is 1260. The summed E-state index contributed by atoms with van der Waals surface area (Å²) in [7, 11) is 0. The molecule has 5 rings (SSSR count). The first-order valence-electron chi connectivity index (χ1n) is 11.3. The van der Waals surface area contributed by atoms with Crippen molar-refractivity contribution in [1.82, 2.24) is 19.7 Å². The maximum Gasteiger partial charge on any atom is 0.251 e. The summed E-state index contributed by atoms with van der Waals surface area (Å²) < 4.78 is 8.23. The van der Waals surface area contributed by atoms with Crippen LogP contribution < -0.4 is 15.4 Å². The van der Waals surface area contributed by atoms with Gasteiger partial charge in [0.15, 0.2) is 11.5 Å². The number of fused-ring (bicyclic) bond motifs is 1. The predicted molar refractivity (Wildman–Crippen MR) is 129 cm³/mol. The summed E-state index contributed by atoms with van der Waals surface area (Å²) in [6.45, 7) is 5.06. The topological polar surface area (TPSA) is 80.6 Å². The molecule has 7 heteroatoms. The number of rotatable bonds is 8. The SMILES string of the molecule is CC(C)CNc1nc(Oc2ccccc2)c(-c2ccc(C(=O)NC3CC3)cc2)n2ccnc12. The molecule has 0 saturated heterocycles. The number of anilines is 1. The zero-order valence-corrected chi connectivity index (χ0v) is 18.8. The third kappa shape index (κ3) is 4.67. The molecule has 1 saturated carbocycles. The van der Waals surface area contributed by atoms with Crippen LogP contribution in [0.15, 0.2) is 67.0 Å². The number of nitrogens with one attached hydrogen (secondary N) is 2. The van der Waals surface area contributed by atoms with Gasteiger partial charge in [-0.25, -0.2) is 4.98 Å². The van der Waals surface area contributed by atoms with Crippen molar-refractivity contribution in [2.45, 2.75) is 32.7 Å². The molecule has 0 atom stereocenters. The molecule has 2 N–H and O–H groups in total. The molecule has 0 aliphatic heterocycles. The van der Waals surface area contributed by atoms with Gasteiger partial charge in [0, 0.05) is 36.1 Å². The van der Waals surface area contributed by atoms with E-state index in [9.17, 15) is 4.79 Å². The zero-order chi connectivity index (χ0) is 22.8. The van der Waals surface area contributed by atoms with Gasteiger partial charge in [0.1, 0.15) is 11.4 Å². The summed E-state index contributed by atoms with van der Waals surface area (Å²) in [5.74, 6) is 2.25. The monoisotopic (exact) mass is 441 g/mol. The highest BCUT2D eigenvalue weighted by Crippen LogP contribution is 2.35. The summed E-state index contributed by atoms with van der Waals surface area (Å²) >= 11 is 0. The fourth-order valence-corrected chi connectivity index (χ4v) is 3.60. The van der Waals surface area contributed by atoms with Crippen LogP contribution >= 0.6 is 0 Å². The fraction of sp³-hybridized carbons (Fsp3) is 0.269. The van der Waals surface area contributed by atoms with Crippen molar-refractivity contribution >= 4 is 17.4 Å². The molecule has 1 fully saturated rings. The Balaban J connectivity index is 1.57. The molecular formula is C26H27N5O2. The molecule has 2 aromatic heterocycles. The molecule has 168 valence electrons. The number of benzene rings is 2. The van der Waals surface area contributed by atoms with E-state index in [1.165, 1.54) is 0 Å². The van der Waals surface area contributed by atoms with Crippen molar-refractivity contribution in [2.24, 2.45) is 5.92 Å². The van der Waals surface area contributed by atoms with Crippen molar-refractivity contribution < 1.29 is 9.53 Å². The van der Waals surface area contributed by atoms with Gasteiger partial charge in [-0.05, 0) is 43.0 Å². The minimum atomic E-state index is -0.0380. The summed E-state index contributed by atoms with van der Waals surface area (Å²) in [5, 5.41) is 6.43. The average molecular weight is 442 g/mol. The number of carbonyl (C=O) groups excluding carboxylic acids is 1. The number of amides is 1. The lowest BCUT2D eigenvalue weighted by Crippen LogP contribution is -2.25. The van der Waals surface area contributed by atoms with Crippen molar-refractivity contribution in [3.05, 3.63) is 72.6 Å². The molecule has 0 bridgehead atoms. The third-order valence-corrected chi connectivity index (χ3v) is 5.48. The van der Waals surface area contributed by atoms with Crippen molar-refractivity contribution in [2.75, 3.05) is 11.9 Å². The summed E-state index contributed by atoms with van der Waals surface area (Å²) in [4.78, 5) is 21.8. The van der Waals surface area contributed by atoms with Crippen LogP contribution in [0.4, 0.5) is 5.82 Å². The number of imidazole rings is 1. The highest BCUT2D eigenvalue weighted by atomic mass is 16.5. The van der Waals surface area contributed by atoms with Gasteiger partial charge in [-0.2, -0.15) is 4.98 Å². The van der Waals surface area contributed by atoms with Gasteiger partial charge in [-0.15, -0.1) is 0 Å². The third-order valence-electron chi connectivity index (χ3n) is 5.48. The minimum Gasteiger partial charge on any atom is -0.437 e. The molecular weight excluding hydrogens is 414 g/mol. The van der Waals surface area contributed by atoms with E-state index in [4.69, 9.17) is 9.72 Å². The minimum absolute atomic E-state index is 0.0380. The van der Waals surface area contributed by atoms with Crippen LogP contribution in [0.5, 0.6) is 11.6 Å². The van der Waals surface area contributed by atoms with E-state index in [2.05, 4.69) is 29.5 Å². The highest BCUT2D eigenvalue weighted by Gasteiger charge is 2.24. The number of carbonyl (C=O) groups is 1. The van der Waals surface area contributed by atoms with Gasteiger partial charge in [0.2, 0.25) is 5.88 Å². The van der Waals surface area contributed by atoms with Crippen LogP contribution in [0.3, 0.4) is 0 Å². The Labute approximate surface area is 192 Å². The van der Waals surface area contributed by atoms with Crippen LogP contribution in [-0.4, -0.2) is 32.9 Å². The quantitative estimate of drug-likeness (QED) is 0.395. The number of hydrogen-bond donors (Lipinski definition) is 2. The van der Waals surface area contributed by atoms with E-state index in [1.807, 2.05) is 65.2 Å². The largest absolute Gasteiger partial charge is 0.437 e. The molecule has 33 heavy (non-hydrogen) atoms. The van der Waals surface area contributed by atoms with Gasteiger partial charge in [-0.3, -0.25) is 9.20 Å². The van der Waals surface area contributed by atoms with Crippen molar-refractivity contribution in [1.29, 1.82) is 0 Å². The second-order valence-electron chi connectivity index (χ2n) is 8.75. The van der Waals surface area contributed by atoms with Gasteiger partial charge >= 0.3 is 0 Å². The van der Waals surface area contributed by atoms with E-state index in [-0.39, 0.29) is 5.91 Å². The van der Waals surface area contributed by atoms with Gasteiger partial charge in [-0.1, -0.05) is 44.2 Å².